The summed E-state index contributed by atoms with van der Waals surface area (Å²) in [5.41, 5.74) is 10.4. The molecule has 2 aromatic rings. The first-order valence-corrected chi connectivity index (χ1v) is 9.33. The molecule has 0 aliphatic rings. The van der Waals surface area contributed by atoms with Crippen LogP contribution in [0.25, 0.3) is 0 Å². The normalized spacial score (nSPS) is 13.9. The van der Waals surface area contributed by atoms with E-state index in [2.05, 4.69) is 28.5 Å². The fraction of sp³-hybridized carbons (Fsp3) is 0.455. The molecule has 2 atom stereocenters. The minimum Gasteiger partial charge on any atom is -0.391 e. The molecule has 5 nitrogen and oxygen atoms in total. The van der Waals surface area contributed by atoms with Gasteiger partial charge >= 0.3 is 0 Å². The lowest BCUT2D eigenvalue weighted by molar-refractivity contribution is 0.0916. The van der Waals surface area contributed by atoms with Gasteiger partial charge < -0.3 is 16.2 Å². The van der Waals surface area contributed by atoms with Gasteiger partial charge in [0.25, 0.3) is 5.91 Å². The lowest BCUT2D eigenvalue weighted by Crippen LogP contribution is -2.42. The smallest absolute Gasteiger partial charge is 0.253 e. The molecule has 1 heterocycles. The van der Waals surface area contributed by atoms with E-state index in [1.54, 1.807) is 18.3 Å². The van der Waals surface area contributed by atoms with Gasteiger partial charge in [-0.15, -0.1) is 0 Å². The number of aliphatic hydroxyl groups is 1. The minimum atomic E-state index is -0.791. The van der Waals surface area contributed by atoms with E-state index in [-0.39, 0.29) is 17.9 Å². The topological polar surface area (TPSA) is 88.2 Å². The van der Waals surface area contributed by atoms with Crippen LogP contribution in [0.5, 0.6) is 0 Å². The average Bonchev–Trinajstić information content (AvgIpc) is 2.57. The standard InChI is InChI=1S/C22H31N3O2/c1-14-8-9-15(2)16(11-14)12-18(23)20(26)13-19-17(7-6-10-24-19)21(27)25-22(3,4)5/h6-11,18,20,26H,12-13,23H2,1-5H3,(H,25,27). The fourth-order valence-electron chi connectivity index (χ4n) is 2.97. The van der Waals surface area contributed by atoms with Crippen molar-refractivity contribution in [2.75, 3.05) is 0 Å². The number of nitrogens with zero attached hydrogens (tertiary/aromatic N) is 1. The van der Waals surface area contributed by atoms with E-state index in [1.807, 2.05) is 34.6 Å². The van der Waals surface area contributed by atoms with Gasteiger partial charge in [0, 0.05) is 24.2 Å². The Bertz CT molecular complexity index is 796. The predicted molar refractivity (Wildman–Crippen MR) is 109 cm³/mol. The molecule has 146 valence electrons. The van der Waals surface area contributed by atoms with Gasteiger partial charge in [-0.2, -0.15) is 0 Å². The van der Waals surface area contributed by atoms with E-state index < -0.39 is 12.1 Å². The minimum absolute atomic E-state index is 0.194. The summed E-state index contributed by atoms with van der Waals surface area (Å²) in [6.07, 6.45) is 1.65. The summed E-state index contributed by atoms with van der Waals surface area (Å²) in [5.74, 6) is -0.194. The number of amides is 1. The molecule has 1 aromatic heterocycles. The van der Waals surface area contributed by atoms with Crippen molar-refractivity contribution in [3.8, 4) is 0 Å². The third kappa shape index (κ3) is 6.15. The van der Waals surface area contributed by atoms with Crippen LogP contribution in [-0.2, 0) is 12.8 Å². The van der Waals surface area contributed by atoms with Crippen LogP contribution >= 0.6 is 0 Å². The number of benzene rings is 1. The fourth-order valence-corrected chi connectivity index (χ4v) is 2.97. The molecular weight excluding hydrogens is 338 g/mol. The molecule has 0 aliphatic carbocycles. The van der Waals surface area contributed by atoms with E-state index in [0.717, 1.165) is 11.1 Å². The molecule has 27 heavy (non-hydrogen) atoms. The first kappa shape index (κ1) is 21.1. The van der Waals surface area contributed by atoms with Crippen molar-refractivity contribution in [1.29, 1.82) is 0 Å². The van der Waals surface area contributed by atoms with Crippen molar-refractivity contribution in [2.24, 2.45) is 5.73 Å². The second-order valence-electron chi connectivity index (χ2n) is 8.27. The molecule has 0 radical (unpaired) electrons. The maximum absolute atomic E-state index is 12.5. The third-order valence-corrected chi connectivity index (χ3v) is 4.48. The second kappa shape index (κ2) is 8.63. The van der Waals surface area contributed by atoms with E-state index in [4.69, 9.17) is 5.73 Å². The number of carbonyl (C=O) groups excluding carboxylic acids is 1. The number of carbonyl (C=O) groups is 1. The van der Waals surface area contributed by atoms with Crippen LogP contribution in [0.4, 0.5) is 0 Å². The Hall–Kier alpha value is -2.24. The van der Waals surface area contributed by atoms with Gasteiger partial charge in [0.15, 0.2) is 0 Å². The Morgan fingerprint density at radius 3 is 2.59 bits per heavy atom. The van der Waals surface area contributed by atoms with Gasteiger partial charge in [0.1, 0.15) is 0 Å². The highest BCUT2D eigenvalue weighted by molar-refractivity contribution is 5.95. The maximum Gasteiger partial charge on any atom is 0.253 e. The summed E-state index contributed by atoms with van der Waals surface area (Å²) >= 11 is 0. The van der Waals surface area contributed by atoms with Crippen LogP contribution in [-0.4, -0.2) is 33.7 Å². The zero-order valence-electron chi connectivity index (χ0n) is 16.9. The summed E-state index contributed by atoms with van der Waals surface area (Å²) in [5, 5.41) is 13.6. The summed E-state index contributed by atoms with van der Waals surface area (Å²) in [7, 11) is 0. The molecule has 0 spiro atoms. The summed E-state index contributed by atoms with van der Waals surface area (Å²) in [6.45, 7) is 9.86. The van der Waals surface area contributed by atoms with Crippen molar-refractivity contribution in [3.63, 3.8) is 0 Å². The van der Waals surface area contributed by atoms with E-state index in [9.17, 15) is 9.90 Å². The molecule has 0 aliphatic heterocycles. The summed E-state index contributed by atoms with van der Waals surface area (Å²) in [6, 6.07) is 9.25. The molecule has 1 amide bonds. The van der Waals surface area contributed by atoms with Gasteiger partial charge in [-0.1, -0.05) is 23.8 Å². The van der Waals surface area contributed by atoms with Gasteiger partial charge in [-0.25, -0.2) is 0 Å². The molecule has 5 heteroatoms. The molecular formula is C22H31N3O2. The van der Waals surface area contributed by atoms with Crippen LogP contribution in [0.2, 0.25) is 0 Å². The average molecular weight is 370 g/mol. The van der Waals surface area contributed by atoms with Crippen LogP contribution in [0.3, 0.4) is 0 Å². The highest BCUT2D eigenvalue weighted by atomic mass is 16.3. The van der Waals surface area contributed by atoms with E-state index >= 15 is 0 Å². The van der Waals surface area contributed by atoms with E-state index in [1.165, 1.54) is 5.56 Å². The van der Waals surface area contributed by atoms with Crippen LogP contribution in [0.15, 0.2) is 36.5 Å². The van der Waals surface area contributed by atoms with Crippen molar-refractivity contribution >= 4 is 5.91 Å². The highest BCUT2D eigenvalue weighted by Gasteiger charge is 2.22. The Morgan fingerprint density at radius 1 is 1.22 bits per heavy atom. The van der Waals surface area contributed by atoms with Crippen LogP contribution < -0.4 is 11.1 Å². The van der Waals surface area contributed by atoms with Crippen molar-refractivity contribution < 1.29 is 9.90 Å². The monoisotopic (exact) mass is 369 g/mol. The summed E-state index contributed by atoms with van der Waals surface area (Å²) < 4.78 is 0. The van der Waals surface area contributed by atoms with Crippen molar-refractivity contribution in [3.05, 3.63) is 64.5 Å². The Labute approximate surface area is 162 Å². The molecule has 0 saturated heterocycles. The number of aryl methyl sites for hydroxylation is 2. The van der Waals surface area contributed by atoms with Crippen LogP contribution in [0, 0.1) is 13.8 Å². The number of rotatable bonds is 6. The van der Waals surface area contributed by atoms with Crippen LogP contribution in [0.1, 0.15) is 53.5 Å². The second-order valence-corrected chi connectivity index (χ2v) is 8.27. The molecule has 2 unspecified atom stereocenters. The Kier molecular flexibility index (Phi) is 6.73. The van der Waals surface area contributed by atoms with Gasteiger partial charge in [0.05, 0.1) is 17.4 Å². The molecule has 2 rings (SSSR count). The zero-order valence-corrected chi connectivity index (χ0v) is 16.9. The summed E-state index contributed by atoms with van der Waals surface area (Å²) in [4.78, 5) is 16.9. The molecule has 0 saturated carbocycles. The quantitative estimate of drug-likeness (QED) is 0.730. The van der Waals surface area contributed by atoms with Gasteiger partial charge in [-0.3, -0.25) is 9.78 Å². The van der Waals surface area contributed by atoms with Crippen molar-refractivity contribution in [1.82, 2.24) is 10.3 Å². The zero-order chi connectivity index (χ0) is 20.2. The Balaban J connectivity index is 2.12. The molecule has 1 aromatic carbocycles. The number of nitrogens with two attached hydrogens (primary N) is 1. The van der Waals surface area contributed by atoms with Gasteiger partial charge in [-0.05, 0) is 64.3 Å². The largest absolute Gasteiger partial charge is 0.391 e. The Morgan fingerprint density at radius 2 is 1.93 bits per heavy atom. The number of hydrogen-bond acceptors (Lipinski definition) is 4. The number of pyridine rings is 1. The van der Waals surface area contributed by atoms with E-state index in [0.29, 0.717) is 17.7 Å². The third-order valence-electron chi connectivity index (χ3n) is 4.48. The van der Waals surface area contributed by atoms with Gasteiger partial charge in [0.2, 0.25) is 0 Å². The number of aliphatic hydroxyl groups excluding tert-OH is 1. The highest BCUT2D eigenvalue weighted by Crippen LogP contribution is 2.16. The number of aromatic nitrogens is 1. The number of hydrogen-bond donors (Lipinski definition) is 3. The SMILES string of the molecule is Cc1ccc(C)c(CC(N)C(O)Cc2ncccc2C(=O)NC(C)(C)C)c1. The molecule has 4 N–H and O–H groups in total. The van der Waals surface area contributed by atoms with Crippen molar-refractivity contribution in [2.45, 2.75) is 65.1 Å². The molecule has 0 bridgehead atoms. The maximum atomic E-state index is 12.5. The number of nitrogens with one attached hydrogen (secondary N) is 1. The lowest BCUT2D eigenvalue weighted by atomic mass is 9.94. The first-order valence-electron chi connectivity index (χ1n) is 9.33. The predicted octanol–water partition coefficient (Wildman–Crippen LogP) is 2.70. The lowest BCUT2D eigenvalue weighted by Gasteiger charge is -2.23. The molecule has 0 fully saturated rings. The first-order chi connectivity index (χ1) is 12.6.